The first kappa shape index (κ1) is 14.3. The average Bonchev–Trinajstić information content (AvgIpc) is 2.48. The van der Waals surface area contributed by atoms with Gasteiger partial charge in [-0.25, -0.2) is 4.79 Å². The molecule has 0 heterocycles. The van der Waals surface area contributed by atoms with Crippen LogP contribution in [0.5, 0.6) is 0 Å². The molecule has 0 aliphatic rings. The molecular weight excluding hydrogens is 268 g/mol. The third-order valence-corrected chi connectivity index (χ3v) is 2.74. The Kier molecular flexibility index (Phi) is 4.30. The molecular formula is C15H14N4O2. The second-order valence-corrected chi connectivity index (χ2v) is 4.29. The SMILES string of the molecule is N=C(N)c1ccc(/C=N/Nc2cccc(C(=O)O)c2)cc1. The van der Waals surface area contributed by atoms with Crippen LogP contribution in [0.25, 0.3) is 0 Å². The topological polar surface area (TPSA) is 112 Å². The van der Waals surface area contributed by atoms with Crippen LogP contribution < -0.4 is 11.2 Å². The van der Waals surface area contributed by atoms with E-state index in [9.17, 15) is 4.79 Å². The summed E-state index contributed by atoms with van der Waals surface area (Å²) in [5.74, 6) is -0.968. The van der Waals surface area contributed by atoms with Gasteiger partial charge in [0.1, 0.15) is 5.84 Å². The number of nitrogens with two attached hydrogens (primary N) is 1. The largest absolute Gasteiger partial charge is 0.478 e. The van der Waals surface area contributed by atoms with E-state index in [-0.39, 0.29) is 11.4 Å². The first-order chi connectivity index (χ1) is 10.1. The van der Waals surface area contributed by atoms with Gasteiger partial charge in [0.05, 0.1) is 17.5 Å². The second-order valence-electron chi connectivity index (χ2n) is 4.29. The third-order valence-electron chi connectivity index (χ3n) is 2.74. The van der Waals surface area contributed by atoms with Crippen LogP contribution in [0.3, 0.4) is 0 Å². The number of anilines is 1. The Labute approximate surface area is 121 Å². The van der Waals surface area contributed by atoms with E-state index in [2.05, 4.69) is 10.5 Å². The highest BCUT2D eigenvalue weighted by atomic mass is 16.4. The van der Waals surface area contributed by atoms with E-state index in [1.54, 1.807) is 42.6 Å². The molecule has 106 valence electrons. The molecule has 0 bridgehead atoms. The van der Waals surface area contributed by atoms with Crippen LogP contribution in [0.2, 0.25) is 0 Å². The number of aromatic carboxylic acids is 1. The van der Waals surface area contributed by atoms with Crippen LogP contribution in [0, 0.1) is 5.41 Å². The van der Waals surface area contributed by atoms with Gasteiger partial charge in [0.15, 0.2) is 0 Å². The van der Waals surface area contributed by atoms with Crippen molar-refractivity contribution < 1.29 is 9.90 Å². The summed E-state index contributed by atoms with van der Waals surface area (Å²) in [6.07, 6.45) is 1.59. The Morgan fingerprint density at radius 3 is 2.52 bits per heavy atom. The van der Waals surface area contributed by atoms with Crippen LogP contribution in [-0.4, -0.2) is 23.1 Å². The van der Waals surface area contributed by atoms with Crippen molar-refractivity contribution in [2.24, 2.45) is 10.8 Å². The maximum atomic E-state index is 10.8. The number of carboxylic acids is 1. The monoisotopic (exact) mass is 282 g/mol. The molecule has 5 N–H and O–H groups in total. The standard InChI is InChI=1S/C15H14N4O2/c16-14(17)11-6-4-10(5-7-11)9-18-19-13-3-1-2-12(8-13)15(20)21/h1-9,19H,(H3,16,17)(H,20,21)/b18-9+. The van der Waals surface area contributed by atoms with Gasteiger partial charge < -0.3 is 10.8 Å². The van der Waals surface area contributed by atoms with E-state index in [1.807, 2.05) is 0 Å². The molecule has 0 saturated carbocycles. The summed E-state index contributed by atoms with van der Waals surface area (Å²) in [4.78, 5) is 10.8. The van der Waals surface area contributed by atoms with Gasteiger partial charge in [0, 0.05) is 5.56 Å². The van der Waals surface area contributed by atoms with Gasteiger partial charge in [0.2, 0.25) is 0 Å². The Balaban J connectivity index is 2.03. The molecule has 2 rings (SSSR count). The number of hydrogen-bond donors (Lipinski definition) is 4. The van der Waals surface area contributed by atoms with Crippen molar-refractivity contribution in [2.75, 3.05) is 5.43 Å². The van der Waals surface area contributed by atoms with E-state index in [0.717, 1.165) is 5.56 Å². The van der Waals surface area contributed by atoms with E-state index >= 15 is 0 Å². The van der Waals surface area contributed by atoms with Crippen molar-refractivity contribution in [1.82, 2.24) is 0 Å². The van der Waals surface area contributed by atoms with Crippen molar-refractivity contribution in [2.45, 2.75) is 0 Å². The highest BCUT2D eigenvalue weighted by Gasteiger charge is 2.02. The molecule has 0 aliphatic carbocycles. The molecule has 0 aromatic heterocycles. The van der Waals surface area contributed by atoms with E-state index in [1.165, 1.54) is 12.1 Å². The zero-order valence-corrected chi connectivity index (χ0v) is 11.1. The fourth-order valence-corrected chi connectivity index (χ4v) is 1.65. The van der Waals surface area contributed by atoms with E-state index in [4.69, 9.17) is 16.2 Å². The molecule has 0 saturated heterocycles. The number of amidine groups is 1. The smallest absolute Gasteiger partial charge is 0.335 e. The van der Waals surface area contributed by atoms with E-state index < -0.39 is 5.97 Å². The molecule has 6 nitrogen and oxygen atoms in total. The van der Waals surface area contributed by atoms with Crippen LogP contribution in [0.1, 0.15) is 21.5 Å². The summed E-state index contributed by atoms with van der Waals surface area (Å²) in [5.41, 5.74) is 10.4. The maximum absolute atomic E-state index is 10.8. The predicted molar refractivity (Wildman–Crippen MR) is 82.1 cm³/mol. The normalized spacial score (nSPS) is 10.5. The fraction of sp³-hybridized carbons (Fsp3) is 0. The number of nitrogens with zero attached hydrogens (tertiary/aromatic N) is 1. The lowest BCUT2D eigenvalue weighted by atomic mass is 10.1. The van der Waals surface area contributed by atoms with Gasteiger partial charge in [-0.1, -0.05) is 30.3 Å². The maximum Gasteiger partial charge on any atom is 0.335 e. The minimum absolute atomic E-state index is 0.0158. The number of hydrazone groups is 1. The molecule has 21 heavy (non-hydrogen) atoms. The van der Waals surface area contributed by atoms with Gasteiger partial charge >= 0.3 is 5.97 Å². The summed E-state index contributed by atoms with van der Waals surface area (Å²) < 4.78 is 0. The molecule has 2 aromatic rings. The van der Waals surface area contributed by atoms with Gasteiger partial charge in [-0.2, -0.15) is 5.10 Å². The minimum atomic E-state index is -0.984. The zero-order valence-electron chi connectivity index (χ0n) is 11.1. The first-order valence-electron chi connectivity index (χ1n) is 6.13. The van der Waals surface area contributed by atoms with Crippen molar-refractivity contribution in [1.29, 1.82) is 5.41 Å². The van der Waals surface area contributed by atoms with Gasteiger partial charge in [-0.05, 0) is 23.8 Å². The van der Waals surface area contributed by atoms with Gasteiger partial charge in [-0.3, -0.25) is 10.8 Å². The molecule has 2 aromatic carbocycles. The molecule has 0 atom stereocenters. The summed E-state index contributed by atoms with van der Waals surface area (Å²) in [5, 5.41) is 20.2. The number of benzene rings is 2. The summed E-state index contributed by atoms with van der Waals surface area (Å²) in [6.45, 7) is 0. The summed E-state index contributed by atoms with van der Waals surface area (Å²) in [6, 6.07) is 13.4. The quantitative estimate of drug-likeness (QED) is 0.382. The summed E-state index contributed by atoms with van der Waals surface area (Å²) in [7, 11) is 0. The van der Waals surface area contributed by atoms with Crippen LogP contribution in [-0.2, 0) is 0 Å². The first-order valence-corrected chi connectivity index (χ1v) is 6.13. The molecule has 0 aliphatic heterocycles. The molecule has 0 fully saturated rings. The van der Waals surface area contributed by atoms with Crippen molar-refractivity contribution >= 4 is 23.7 Å². The number of carboxylic acid groups (broad SMARTS) is 1. The van der Waals surface area contributed by atoms with Gasteiger partial charge in [-0.15, -0.1) is 0 Å². The average molecular weight is 282 g/mol. The predicted octanol–water partition coefficient (Wildman–Crippen LogP) is 2.11. The van der Waals surface area contributed by atoms with Gasteiger partial charge in [0.25, 0.3) is 0 Å². The molecule has 0 amide bonds. The highest BCUT2D eigenvalue weighted by Crippen LogP contribution is 2.10. The zero-order chi connectivity index (χ0) is 15.2. The minimum Gasteiger partial charge on any atom is -0.478 e. The number of rotatable bonds is 5. The Hall–Kier alpha value is -3.15. The van der Waals surface area contributed by atoms with Crippen molar-refractivity contribution in [3.8, 4) is 0 Å². The van der Waals surface area contributed by atoms with Crippen molar-refractivity contribution in [3.63, 3.8) is 0 Å². The number of nitrogen functional groups attached to an aromatic ring is 1. The Bertz CT molecular complexity index is 693. The molecule has 0 radical (unpaired) electrons. The van der Waals surface area contributed by atoms with Crippen LogP contribution >= 0.6 is 0 Å². The highest BCUT2D eigenvalue weighted by molar-refractivity contribution is 5.95. The van der Waals surface area contributed by atoms with E-state index in [0.29, 0.717) is 11.3 Å². The molecule has 6 heteroatoms. The van der Waals surface area contributed by atoms with Crippen molar-refractivity contribution in [3.05, 3.63) is 65.2 Å². The lowest BCUT2D eigenvalue weighted by Crippen LogP contribution is -2.10. The Morgan fingerprint density at radius 2 is 1.90 bits per heavy atom. The number of carbonyl (C=O) groups is 1. The third kappa shape index (κ3) is 3.90. The Morgan fingerprint density at radius 1 is 1.19 bits per heavy atom. The van der Waals surface area contributed by atoms with Crippen LogP contribution in [0.4, 0.5) is 5.69 Å². The lowest BCUT2D eigenvalue weighted by Gasteiger charge is -2.02. The lowest BCUT2D eigenvalue weighted by molar-refractivity contribution is 0.0697. The van der Waals surface area contributed by atoms with Crippen LogP contribution in [0.15, 0.2) is 53.6 Å². The number of hydrogen-bond acceptors (Lipinski definition) is 4. The second kappa shape index (κ2) is 6.33. The molecule has 0 unspecified atom stereocenters. The fourth-order valence-electron chi connectivity index (χ4n) is 1.65. The summed E-state index contributed by atoms with van der Waals surface area (Å²) >= 11 is 0. The molecule has 0 spiro atoms. The number of nitrogens with one attached hydrogen (secondary N) is 2.